The van der Waals surface area contributed by atoms with Crippen molar-refractivity contribution in [2.45, 2.75) is 0 Å². The quantitative estimate of drug-likeness (QED) is 0.566. The first-order valence-corrected chi connectivity index (χ1v) is 9.08. The van der Waals surface area contributed by atoms with Gasteiger partial charge in [-0.25, -0.2) is 4.90 Å². The number of anilines is 2. The number of hydrogen-bond acceptors (Lipinski definition) is 3. The molecule has 1 aliphatic rings. The Hall–Kier alpha value is -2.53. The molecule has 3 aromatic rings. The normalized spacial score (nSPS) is 14.4. The summed E-state index contributed by atoms with van der Waals surface area (Å²) in [5, 5.41) is 5.15. The molecular weight excluding hydrogens is 407 g/mol. The summed E-state index contributed by atoms with van der Waals surface area (Å²) >= 11 is 18.2. The molecule has 1 N–H and O–H groups in total. The smallest absolute Gasteiger partial charge is 0.283 e. The molecule has 2 amide bonds. The van der Waals surface area contributed by atoms with Gasteiger partial charge in [-0.2, -0.15) is 0 Å². The minimum Gasteiger partial charge on any atom is -0.350 e. The maximum absolute atomic E-state index is 13.0. The summed E-state index contributed by atoms with van der Waals surface area (Å²) in [6.07, 6.45) is 0. The first-order chi connectivity index (χ1) is 13.0. The van der Waals surface area contributed by atoms with Crippen LogP contribution in [0.25, 0.3) is 10.8 Å². The lowest BCUT2D eigenvalue weighted by Crippen LogP contribution is -2.32. The van der Waals surface area contributed by atoms with Crippen LogP contribution in [-0.4, -0.2) is 11.8 Å². The van der Waals surface area contributed by atoms with Crippen LogP contribution in [0.5, 0.6) is 0 Å². The minimum atomic E-state index is -0.589. The third-order valence-electron chi connectivity index (χ3n) is 4.17. The van der Waals surface area contributed by atoms with E-state index in [9.17, 15) is 9.59 Å². The Bertz CT molecular complexity index is 1120. The number of benzene rings is 3. The van der Waals surface area contributed by atoms with Crippen LogP contribution in [0.3, 0.4) is 0 Å². The number of carbonyl (C=O) groups is 2. The summed E-state index contributed by atoms with van der Waals surface area (Å²) in [5.41, 5.74) is 0.914. The predicted octanol–water partition coefficient (Wildman–Crippen LogP) is 5.58. The zero-order chi connectivity index (χ0) is 19.1. The summed E-state index contributed by atoms with van der Waals surface area (Å²) < 4.78 is 0. The summed E-state index contributed by atoms with van der Waals surface area (Å²) in [6.45, 7) is 0. The van der Waals surface area contributed by atoms with Gasteiger partial charge in [-0.1, -0.05) is 71.2 Å². The van der Waals surface area contributed by atoms with Gasteiger partial charge in [-0.3, -0.25) is 9.59 Å². The van der Waals surface area contributed by atoms with Crippen molar-refractivity contribution in [2.24, 2.45) is 0 Å². The molecule has 4 rings (SSSR count). The first kappa shape index (κ1) is 17.9. The molecule has 27 heavy (non-hydrogen) atoms. The molecule has 0 radical (unpaired) electrons. The molecule has 0 aromatic heterocycles. The Morgan fingerprint density at radius 3 is 2.19 bits per heavy atom. The van der Waals surface area contributed by atoms with E-state index in [2.05, 4.69) is 5.32 Å². The second kappa shape index (κ2) is 6.89. The summed E-state index contributed by atoms with van der Waals surface area (Å²) in [5.74, 6) is -1.13. The molecule has 0 saturated carbocycles. The fourth-order valence-corrected chi connectivity index (χ4v) is 3.74. The van der Waals surface area contributed by atoms with E-state index in [0.29, 0.717) is 21.4 Å². The number of hydrogen-bond donors (Lipinski definition) is 1. The van der Waals surface area contributed by atoms with Crippen molar-refractivity contribution < 1.29 is 9.59 Å². The van der Waals surface area contributed by atoms with E-state index in [1.54, 1.807) is 30.3 Å². The maximum atomic E-state index is 13.0. The number of carbonyl (C=O) groups excluding carboxylic acids is 2. The van der Waals surface area contributed by atoms with Crippen molar-refractivity contribution in [3.05, 3.63) is 81.4 Å². The molecule has 0 bridgehead atoms. The van der Waals surface area contributed by atoms with Crippen molar-refractivity contribution in [2.75, 3.05) is 10.2 Å². The van der Waals surface area contributed by atoms with Crippen LogP contribution in [0, 0.1) is 0 Å². The third-order valence-corrected chi connectivity index (χ3v) is 4.95. The van der Waals surface area contributed by atoms with E-state index in [1.165, 1.54) is 0 Å². The molecular formula is C20H11Cl3N2O2. The highest BCUT2D eigenvalue weighted by atomic mass is 35.5. The Balaban J connectivity index is 1.74. The van der Waals surface area contributed by atoms with E-state index in [0.717, 1.165) is 15.7 Å². The molecule has 3 aromatic carbocycles. The molecule has 0 spiro atoms. The lowest BCUT2D eigenvalue weighted by atomic mass is 10.1. The molecule has 7 heteroatoms. The van der Waals surface area contributed by atoms with Gasteiger partial charge < -0.3 is 5.32 Å². The Morgan fingerprint density at radius 1 is 0.778 bits per heavy atom. The van der Waals surface area contributed by atoms with Gasteiger partial charge >= 0.3 is 0 Å². The largest absolute Gasteiger partial charge is 0.350 e. The second-order valence-electron chi connectivity index (χ2n) is 5.92. The number of amides is 2. The Kier molecular flexibility index (Phi) is 4.56. The Morgan fingerprint density at radius 2 is 1.44 bits per heavy atom. The van der Waals surface area contributed by atoms with Gasteiger partial charge in [0.1, 0.15) is 10.7 Å². The SMILES string of the molecule is O=C1C(Cl)=C(Nc2cc(Cl)cc(Cl)c2)C(=O)N1c1cccc2ccccc12. The van der Waals surface area contributed by atoms with Crippen LogP contribution in [0.2, 0.25) is 10.0 Å². The summed E-state index contributed by atoms with van der Waals surface area (Å²) in [6, 6.07) is 17.6. The molecule has 1 heterocycles. The molecule has 4 nitrogen and oxygen atoms in total. The average molecular weight is 418 g/mol. The van der Waals surface area contributed by atoms with Crippen LogP contribution in [-0.2, 0) is 9.59 Å². The highest BCUT2D eigenvalue weighted by molar-refractivity contribution is 6.53. The van der Waals surface area contributed by atoms with Crippen LogP contribution in [0.1, 0.15) is 0 Å². The van der Waals surface area contributed by atoms with Gasteiger partial charge in [-0.15, -0.1) is 0 Å². The van der Waals surface area contributed by atoms with Gasteiger partial charge in [0, 0.05) is 21.1 Å². The average Bonchev–Trinajstić information content (AvgIpc) is 2.84. The maximum Gasteiger partial charge on any atom is 0.283 e. The van der Waals surface area contributed by atoms with E-state index < -0.39 is 11.8 Å². The molecule has 1 aliphatic heterocycles. The van der Waals surface area contributed by atoms with Gasteiger partial charge in [0.2, 0.25) is 0 Å². The molecule has 0 saturated heterocycles. The predicted molar refractivity (Wildman–Crippen MR) is 109 cm³/mol. The van der Waals surface area contributed by atoms with Crippen molar-refractivity contribution in [3.8, 4) is 0 Å². The van der Waals surface area contributed by atoms with Crippen molar-refractivity contribution in [1.29, 1.82) is 0 Å². The van der Waals surface area contributed by atoms with E-state index in [4.69, 9.17) is 34.8 Å². The summed E-state index contributed by atoms with van der Waals surface area (Å²) in [7, 11) is 0. The van der Waals surface area contributed by atoms with Gasteiger partial charge in [0.25, 0.3) is 11.8 Å². The van der Waals surface area contributed by atoms with Gasteiger partial charge in [-0.05, 0) is 29.7 Å². The van der Waals surface area contributed by atoms with Crippen molar-refractivity contribution in [3.63, 3.8) is 0 Å². The number of rotatable bonds is 3. The van der Waals surface area contributed by atoms with E-state index in [-0.39, 0.29) is 10.7 Å². The lowest BCUT2D eigenvalue weighted by Gasteiger charge is -2.17. The van der Waals surface area contributed by atoms with Gasteiger partial charge in [0.05, 0.1) is 5.69 Å². The number of imide groups is 1. The standard InChI is InChI=1S/C20H11Cl3N2O2/c21-12-8-13(22)10-14(9-12)24-18-17(23)19(26)25(20(18)27)16-7-3-5-11-4-1-2-6-15(11)16/h1-10,24H. The number of nitrogens with one attached hydrogen (secondary N) is 1. The zero-order valence-electron chi connectivity index (χ0n) is 13.7. The topological polar surface area (TPSA) is 49.4 Å². The minimum absolute atomic E-state index is 0.0204. The van der Waals surface area contributed by atoms with Crippen molar-refractivity contribution in [1.82, 2.24) is 0 Å². The molecule has 0 atom stereocenters. The van der Waals surface area contributed by atoms with E-state index >= 15 is 0 Å². The molecule has 134 valence electrons. The van der Waals surface area contributed by atoms with Gasteiger partial charge in [0.15, 0.2) is 0 Å². The monoisotopic (exact) mass is 416 g/mol. The second-order valence-corrected chi connectivity index (χ2v) is 7.17. The number of fused-ring (bicyclic) bond motifs is 1. The van der Waals surface area contributed by atoms with Crippen LogP contribution in [0.4, 0.5) is 11.4 Å². The zero-order valence-corrected chi connectivity index (χ0v) is 15.9. The van der Waals surface area contributed by atoms with Crippen LogP contribution >= 0.6 is 34.8 Å². The third kappa shape index (κ3) is 3.16. The highest BCUT2D eigenvalue weighted by Crippen LogP contribution is 2.35. The van der Waals surface area contributed by atoms with Crippen LogP contribution in [0.15, 0.2) is 71.4 Å². The van der Waals surface area contributed by atoms with Crippen LogP contribution < -0.4 is 10.2 Å². The number of halogens is 3. The fourth-order valence-electron chi connectivity index (χ4n) is 3.00. The van der Waals surface area contributed by atoms with E-state index in [1.807, 2.05) is 30.3 Å². The highest BCUT2D eigenvalue weighted by Gasteiger charge is 2.39. The first-order valence-electron chi connectivity index (χ1n) is 7.95. The fraction of sp³-hybridized carbons (Fsp3) is 0. The molecule has 0 fully saturated rings. The summed E-state index contributed by atoms with van der Waals surface area (Å²) in [4.78, 5) is 26.8. The molecule has 0 aliphatic carbocycles. The Labute approximate surface area is 169 Å². The molecule has 0 unspecified atom stereocenters. The number of nitrogens with zero attached hydrogens (tertiary/aromatic N) is 1. The van der Waals surface area contributed by atoms with Crippen molar-refractivity contribution >= 4 is 68.8 Å². The lowest BCUT2D eigenvalue weighted by molar-refractivity contribution is -0.120.